The SMILES string of the molecule is CCNC(=NCc1cccc(OC(F)F)c1)NCC1(C)CCCS1.I. The van der Waals surface area contributed by atoms with Crippen LogP contribution in [0.5, 0.6) is 5.75 Å². The molecule has 0 saturated carbocycles. The first-order valence-corrected chi connectivity index (χ1v) is 9.19. The summed E-state index contributed by atoms with van der Waals surface area (Å²) in [4.78, 5) is 4.54. The van der Waals surface area contributed by atoms with E-state index in [0.717, 1.165) is 24.6 Å². The monoisotopic (exact) mass is 485 g/mol. The van der Waals surface area contributed by atoms with Crippen molar-refractivity contribution in [1.29, 1.82) is 0 Å². The van der Waals surface area contributed by atoms with Gasteiger partial charge in [0, 0.05) is 17.8 Å². The number of nitrogens with one attached hydrogen (secondary N) is 2. The van der Waals surface area contributed by atoms with Gasteiger partial charge in [0.1, 0.15) is 5.75 Å². The minimum atomic E-state index is -2.81. The molecule has 0 aromatic heterocycles. The summed E-state index contributed by atoms with van der Waals surface area (Å²) in [6, 6.07) is 6.65. The molecule has 142 valence electrons. The minimum Gasteiger partial charge on any atom is -0.435 e. The van der Waals surface area contributed by atoms with E-state index < -0.39 is 6.61 Å². The Balaban J connectivity index is 0.00000312. The molecule has 0 bridgehead atoms. The molecule has 0 radical (unpaired) electrons. The van der Waals surface area contributed by atoms with Crippen molar-refractivity contribution in [3.63, 3.8) is 0 Å². The number of guanidine groups is 1. The zero-order valence-corrected chi connectivity index (χ0v) is 17.7. The summed E-state index contributed by atoms with van der Waals surface area (Å²) in [6.07, 6.45) is 2.46. The maximum absolute atomic E-state index is 12.3. The standard InChI is InChI=1S/C17H25F2N3OS.HI/c1-3-20-16(22-12-17(2)8-5-9-24-17)21-11-13-6-4-7-14(10-13)23-15(18)19;/h4,6-7,10,15H,3,5,8-9,11-12H2,1-2H3,(H2,20,21,22);1H. The van der Waals surface area contributed by atoms with Crippen LogP contribution in [-0.4, -0.2) is 36.2 Å². The van der Waals surface area contributed by atoms with Crippen molar-refractivity contribution in [3.05, 3.63) is 29.8 Å². The summed E-state index contributed by atoms with van der Waals surface area (Å²) >= 11 is 1.99. The summed E-state index contributed by atoms with van der Waals surface area (Å²) in [5.41, 5.74) is 0.826. The van der Waals surface area contributed by atoms with E-state index in [1.807, 2.05) is 24.8 Å². The fraction of sp³-hybridized carbons (Fsp3) is 0.588. The molecule has 25 heavy (non-hydrogen) atoms. The Morgan fingerprint density at radius 3 is 2.84 bits per heavy atom. The lowest BCUT2D eigenvalue weighted by molar-refractivity contribution is -0.0498. The van der Waals surface area contributed by atoms with Gasteiger partial charge < -0.3 is 15.4 Å². The Kier molecular flexibility index (Phi) is 9.84. The van der Waals surface area contributed by atoms with Crippen LogP contribution in [-0.2, 0) is 6.54 Å². The largest absolute Gasteiger partial charge is 0.435 e. The molecule has 0 amide bonds. The smallest absolute Gasteiger partial charge is 0.387 e. The number of ether oxygens (including phenoxy) is 1. The van der Waals surface area contributed by atoms with Crippen LogP contribution in [0.2, 0.25) is 0 Å². The summed E-state index contributed by atoms with van der Waals surface area (Å²) in [6.45, 7) is 3.50. The Morgan fingerprint density at radius 1 is 1.40 bits per heavy atom. The lowest BCUT2D eigenvalue weighted by atomic mass is 10.1. The first-order chi connectivity index (χ1) is 11.5. The van der Waals surface area contributed by atoms with Crippen molar-refractivity contribution in [3.8, 4) is 5.75 Å². The molecule has 0 spiro atoms. The van der Waals surface area contributed by atoms with E-state index in [2.05, 4.69) is 27.3 Å². The zero-order valence-electron chi connectivity index (χ0n) is 14.6. The van der Waals surface area contributed by atoms with E-state index in [9.17, 15) is 8.78 Å². The van der Waals surface area contributed by atoms with Crippen LogP contribution in [0.25, 0.3) is 0 Å². The number of thioether (sulfide) groups is 1. The molecule has 0 aliphatic carbocycles. The van der Waals surface area contributed by atoms with Crippen LogP contribution in [0, 0.1) is 0 Å². The van der Waals surface area contributed by atoms with Gasteiger partial charge in [0.15, 0.2) is 5.96 Å². The van der Waals surface area contributed by atoms with E-state index in [4.69, 9.17) is 0 Å². The van der Waals surface area contributed by atoms with Gasteiger partial charge in [-0.1, -0.05) is 12.1 Å². The summed E-state index contributed by atoms with van der Waals surface area (Å²) in [7, 11) is 0. The molecular weight excluding hydrogens is 459 g/mol. The topological polar surface area (TPSA) is 45.7 Å². The number of hydrogen-bond donors (Lipinski definition) is 2. The molecular formula is C17H26F2IN3OS. The molecule has 1 saturated heterocycles. The quantitative estimate of drug-likeness (QED) is 0.345. The average molecular weight is 485 g/mol. The third kappa shape index (κ3) is 7.98. The molecule has 4 nitrogen and oxygen atoms in total. The molecule has 1 fully saturated rings. The van der Waals surface area contributed by atoms with Crippen molar-refractivity contribution in [2.75, 3.05) is 18.8 Å². The highest BCUT2D eigenvalue weighted by Gasteiger charge is 2.29. The fourth-order valence-electron chi connectivity index (χ4n) is 2.58. The molecule has 2 N–H and O–H groups in total. The Bertz CT molecular complexity index is 554. The van der Waals surface area contributed by atoms with Gasteiger partial charge in [-0.15, -0.1) is 24.0 Å². The van der Waals surface area contributed by atoms with Crippen molar-refractivity contribution in [2.45, 2.75) is 44.6 Å². The van der Waals surface area contributed by atoms with Crippen LogP contribution in [0.4, 0.5) is 8.78 Å². The number of halogens is 3. The maximum atomic E-state index is 12.3. The van der Waals surface area contributed by atoms with Crippen molar-refractivity contribution in [1.82, 2.24) is 10.6 Å². The second-order valence-corrected chi connectivity index (χ2v) is 7.66. The number of nitrogens with zero attached hydrogens (tertiary/aromatic N) is 1. The van der Waals surface area contributed by atoms with Crippen LogP contribution in [0.15, 0.2) is 29.3 Å². The Labute approximate surface area is 169 Å². The van der Waals surface area contributed by atoms with E-state index in [-0.39, 0.29) is 34.5 Å². The minimum absolute atomic E-state index is 0. The third-order valence-electron chi connectivity index (χ3n) is 3.82. The van der Waals surface area contributed by atoms with Gasteiger partial charge >= 0.3 is 6.61 Å². The van der Waals surface area contributed by atoms with E-state index in [1.54, 1.807) is 12.1 Å². The maximum Gasteiger partial charge on any atom is 0.387 e. The second kappa shape index (κ2) is 11.1. The van der Waals surface area contributed by atoms with Gasteiger partial charge in [-0.05, 0) is 50.1 Å². The summed E-state index contributed by atoms with van der Waals surface area (Å²) in [5.74, 6) is 2.11. The van der Waals surface area contributed by atoms with Gasteiger partial charge in [-0.2, -0.15) is 20.5 Å². The molecule has 1 unspecified atom stereocenters. The summed E-state index contributed by atoms with van der Waals surface area (Å²) in [5, 5.41) is 6.61. The van der Waals surface area contributed by atoms with Gasteiger partial charge in [-0.25, -0.2) is 4.99 Å². The number of rotatable bonds is 7. The second-order valence-electron chi connectivity index (χ2n) is 5.98. The lowest BCUT2D eigenvalue weighted by Crippen LogP contribution is -2.43. The van der Waals surface area contributed by atoms with Crippen LogP contribution in [0.1, 0.15) is 32.3 Å². The first-order valence-electron chi connectivity index (χ1n) is 8.21. The average Bonchev–Trinajstić information content (AvgIpc) is 2.97. The van der Waals surface area contributed by atoms with Crippen molar-refractivity contribution >= 4 is 41.7 Å². The first kappa shape index (κ1) is 22.3. The molecule has 1 aliphatic heterocycles. The van der Waals surface area contributed by atoms with Gasteiger partial charge in [0.2, 0.25) is 0 Å². The van der Waals surface area contributed by atoms with Gasteiger partial charge in [-0.3, -0.25) is 0 Å². The van der Waals surface area contributed by atoms with Crippen LogP contribution >= 0.6 is 35.7 Å². The fourth-order valence-corrected chi connectivity index (χ4v) is 3.82. The molecule has 1 aromatic carbocycles. The van der Waals surface area contributed by atoms with E-state index >= 15 is 0 Å². The van der Waals surface area contributed by atoms with Crippen molar-refractivity contribution < 1.29 is 13.5 Å². The van der Waals surface area contributed by atoms with Gasteiger partial charge in [0.25, 0.3) is 0 Å². The number of benzene rings is 1. The normalized spacial score (nSPS) is 20.3. The van der Waals surface area contributed by atoms with E-state index in [0.29, 0.717) is 6.54 Å². The molecule has 1 aromatic rings. The molecule has 1 aliphatic rings. The highest BCUT2D eigenvalue weighted by Crippen LogP contribution is 2.36. The molecule has 8 heteroatoms. The van der Waals surface area contributed by atoms with Gasteiger partial charge in [0.05, 0.1) is 6.54 Å². The van der Waals surface area contributed by atoms with Crippen molar-refractivity contribution in [2.24, 2.45) is 4.99 Å². The Hall–Kier alpha value is -0.770. The predicted molar refractivity (Wildman–Crippen MR) is 111 cm³/mol. The number of hydrogen-bond acceptors (Lipinski definition) is 3. The Morgan fingerprint density at radius 2 is 2.20 bits per heavy atom. The highest BCUT2D eigenvalue weighted by atomic mass is 127. The molecule has 1 atom stereocenters. The third-order valence-corrected chi connectivity index (χ3v) is 5.36. The number of aliphatic imine (C=N–C) groups is 1. The lowest BCUT2D eigenvalue weighted by Gasteiger charge is -2.24. The van der Waals surface area contributed by atoms with Crippen LogP contribution < -0.4 is 15.4 Å². The van der Waals surface area contributed by atoms with E-state index in [1.165, 1.54) is 24.7 Å². The zero-order chi connectivity index (χ0) is 17.4. The molecule has 1 heterocycles. The number of alkyl halides is 2. The summed E-state index contributed by atoms with van der Waals surface area (Å²) < 4.78 is 29.2. The van der Waals surface area contributed by atoms with Crippen LogP contribution in [0.3, 0.4) is 0 Å². The highest BCUT2D eigenvalue weighted by molar-refractivity contribution is 14.0. The molecule has 2 rings (SSSR count). The predicted octanol–water partition coefficient (Wildman–Crippen LogP) is 4.25.